The highest BCUT2D eigenvalue weighted by molar-refractivity contribution is 8.02. The summed E-state index contributed by atoms with van der Waals surface area (Å²) in [6, 6.07) is 3.24. The predicted octanol–water partition coefficient (Wildman–Crippen LogP) is -0.0341. The smallest absolute Gasteiger partial charge is 0.327 e. The Morgan fingerprint density at radius 2 is 1.36 bits per heavy atom. The van der Waals surface area contributed by atoms with E-state index in [2.05, 4.69) is 21.3 Å². The zero-order chi connectivity index (χ0) is 36.9. The molecule has 0 aromatic heterocycles. The van der Waals surface area contributed by atoms with E-state index in [1.54, 1.807) is 27.7 Å². The molecular weight excluding hydrogens is 693 g/mol. The van der Waals surface area contributed by atoms with E-state index in [1.807, 2.05) is 0 Å². The average molecular weight is 731 g/mol. The monoisotopic (exact) mass is 730 g/mol. The van der Waals surface area contributed by atoms with Crippen molar-refractivity contribution in [2.24, 2.45) is 5.73 Å². The summed E-state index contributed by atoms with van der Waals surface area (Å²) in [5.41, 5.74) is 6.70. The van der Waals surface area contributed by atoms with Crippen LogP contribution in [0.25, 0.3) is 0 Å². The molecule has 3 aliphatic heterocycles. The van der Waals surface area contributed by atoms with E-state index in [-0.39, 0.29) is 17.1 Å². The number of hydrogen-bond acceptors (Lipinski definition) is 12. The van der Waals surface area contributed by atoms with Crippen LogP contribution in [0.4, 0.5) is 0 Å². The first-order chi connectivity index (χ1) is 23.3. The molecular formula is C32H38N6O10S2. The molecule has 4 amide bonds. The van der Waals surface area contributed by atoms with Gasteiger partial charge in [-0.2, -0.15) is 0 Å². The number of carbonyl (C=O) groups excluding carboxylic acids is 4. The predicted molar refractivity (Wildman–Crippen MR) is 182 cm³/mol. The van der Waals surface area contributed by atoms with E-state index in [0.717, 1.165) is 11.8 Å². The maximum Gasteiger partial charge on any atom is 0.327 e. The molecule has 3 saturated heterocycles. The van der Waals surface area contributed by atoms with E-state index in [4.69, 9.17) is 5.73 Å². The fourth-order valence-electron chi connectivity index (χ4n) is 6.26. The lowest BCUT2D eigenvalue weighted by Crippen LogP contribution is -2.71. The van der Waals surface area contributed by atoms with Crippen molar-refractivity contribution in [1.82, 2.24) is 26.2 Å². The molecule has 268 valence electrons. The Labute approximate surface area is 294 Å². The number of β-lactam (4-membered cyclic amide) rings is 1. The van der Waals surface area contributed by atoms with Crippen molar-refractivity contribution < 1.29 is 49.2 Å². The van der Waals surface area contributed by atoms with Gasteiger partial charge >= 0.3 is 11.9 Å². The number of phenols is 2. The molecule has 8 atom stereocenters. The number of thioether (sulfide) groups is 2. The van der Waals surface area contributed by atoms with E-state index < -0.39 is 92.1 Å². The van der Waals surface area contributed by atoms with Gasteiger partial charge in [0.25, 0.3) is 0 Å². The highest BCUT2D eigenvalue weighted by atomic mass is 32.2. The molecule has 0 saturated carbocycles. The minimum Gasteiger partial charge on any atom is -0.508 e. The van der Waals surface area contributed by atoms with E-state index >= 15 is 0 Å². The summed E-state index contributed by atoms with van der Waals surface area (Å²) in [7, 11) is 0. The van der Waals surface area contributed by atoms with Crippen LogP contribution in [0.3, 0.4) is 0 Å². The van der Waals surface area contributed by atoms with Gasteiger partial charge in [0.15, 0.2) is 0 Å². The van der Waals surface area contributed by atoms with Crippen LogP contribution in [0, 0.1) is 0 Å². The van der Waals surface area contributed by atoms with Crippen molar-refractivity contribution >= 4 is 59.1 Å². The number of nitrogens with two attached hydrogens (primary N) is 1. The average Bonchev–Trinajstić information content (AvgIpc) is 3.51. The van der Waals surface area contributed by atoms with Gasteiger partial charge in [0.1, 0.15) is 53.1 Å². The van der Waals surface area contributed by atoms with Gasteiger partial charge in [-0.3, -0.25) is 29.3 Å². The van der Waals surface area contributed by atoms with Gasteiger partial charge in [0.2, 0.25) is 23.6 Å². The number of aliphatic carboxylic acids is 2. The quantitative estimate of drug-likeness (QED) is 0.138. The summed E-state index contributed by atoms with van der Waals surface area (Å²) in [5, 5.41) is 48.2. The maximum atomic E-state index is 14.2. The molecule has 3 heterocycles. The Morgan fingerprint density at radius 1 is 0.800 bits per heavy atom. The van der Waals surface area contributed by atoms with Crippen molar-refractivity contribution in [3.8, 4) is 11.5 Å². The molecule has 18 heteroatoms. The molecule has 5 rings (SSSR count). The van der Waals surface area contributed by atoms with Crippen LogP contribution in [-0.4, -0.2) is 105 Å². The van der Waals surface area contributed by atoms with Gasteiger partial charge < -0.3 is 47.0 Å². The van der Waals surface area contributed by atoms with E-state index in [0.29, 0.717) is 5.56 Å². The normalized spacial score (nSPS) is 26.5. The Balaban J connectivity index is 1.42. The number of carbonyl (C=O) groups is 6. The van der Waals surface area contributed by atoms with Gasteiger partial charge in [0, 0.05) is 9.49 Å². The first-order valence-electron chi connectivity index (χ1n) is 15.5. The van der Waals surface area contributed by atoms with Gasteiger partial charge in [-0.1, -0.05) is 24.3 Å². The van der Waals surface area contributed by atoms with Crippen molar-refractivity contribution in [3.05, 3.63) is 59.7 Å². The van der Waals surface area contributed by atoms with Crippen LogP contribution in [0.15, 0.2) is 48.5 Å². The molecule has 2 aromatic carbocycles. The Morgan fingerprint density at radius 3 is 1.88 bits per heavy atom. The molecule has 0 spiro atoms. The fourth-order valence-corrected chi connectivity index (χ4v) is 9.38. The maximum absolute atomic E-state index is 14.2. The summed E-state index contributed by atoms with van der Waals surface area (Å²) < 4.78 is -1.79. The molecule has 0 bridgehead atoms. The van der Waals surface area contributed by atoms with Crippen molar-refractivity contribution in [2.45, 2.75) is 84.2 Å². The number of benzene rings is 2. The molecule has 10 N–H and O–H groups in total. The number of hydrogen-bond donors (Lipinski definition) is 9. The topological polar surface area (TPSA) is 261 Å². The summed E-state index contributed by atoms with van der Waals surface area (Å²) in [4.78, 5) is 79.9. The van der Waals surface area contributed by atoms with E-state index in [9.17, 15) is 49.2 Å². The Hall–Kier alpha value is -4.52. The molecule has 0 aliphatic carbocycles. The zero-order valence-electron chi connectivity index (χ0n) is 27.3. The number of phenolic OH excluding ortho intramolecular Hbond substituents is 2. The van der Waals surface area contributed by atoms with Crippen LogP contribution in [-0.2, 0) is 28.8 Å². The summed E-state index contributed by atoms with van der Waals surface area (Å²) >= 11 is 2.31. The standard InChI is InChI=1S/C32H38N6O10S2/c1-31(2)21(29(45)46)37-26(49-31)19(35-23(41)17(33)13-5-9-15(39)10-6-13)25(43)34-18(14-7-11-16(40)12-8-14)24(42)36-20-27(44)38-22(30(47)48)32(3,4)50-28(20)38/h5-12,17-22,26,28,37,39-40H,33H2,1-4H3,(H,34,43)(H,35,41)(H,36,42)(H,45,46)(H,47,48)/t17-,18-,19-,20-,21+,22+,26?,28?/m1/s1. The third-order valence-electron chi connectivity index (χ3n) is 8.87. The molecule has 2 unspecified atom stereocenters. The van der Waals surface area contributed by atoms with Gasteiger partial charge in [-0.25, -0.2) is 4.79 Å². The van der Waals surface area contributed by atoms with Gasteiger partial charge in [-0.15, -0.1) is 23.5 Å². The number of aromatic hydroxyl groups is 2. The largest absolute Gasteiger partial charge is 0.508 e. The van der Waals surface area contributed by atoms with Crippen molar-refractivity contribution in [2.75, 3.05) is 0 Å². The van der Waals surface area contributed by atoms with Crippen molar-refractivity contribution in [1.29, 1.82) is 0 Å². The number of rotatable bonds is 11. The summed E-state index contributed by atoms with van der Waals surface area (Å²) in [6.45, 7) is 6.69. The molecule has 50 heavy (non-hydrogen) atoms. The van der Waals surface area contributed by atoms with Crippen LogP contribution in [0.5, 0.6) is 11.5 Å². The highest BCUT2D eigenvalue weighted by Gasteiger charge is 2.64. The first kappa shape index (κ1) is 36.8. The van der Waals surface area contributed by atoms with Crippen LogP contribution >= 0.6 is 23.5 Å². The molecule has 3 aliphatic rings. The fraction of sp³-hybridized carbons (Fsp3) is 0.438. The SMILES string of the molecule is CC1(C)SC2[C@H](NC(=O)[C@H](NC(=O)[C@@H](NC(=O)[C@H](N)c3ccc(O)cc3)C3N[C@@H](C(=O)O)C(C)(C)S3)c3ccc(O)cc3)C(=O)N2[C@H]1C(=O)O. The second kappa shape index (κ2) is 13.7. The third kappa shape index (κ3) is 7.05. The Bertz CT molecular complexity index is 1710. The number of nitrogens with zero attached hydrogens (tertiary/aromatic N) is 1. The number of carboxylic acid groups (broad SMARTS) is 2. The first-order valence-corrected chi connectivity index (χ1v) is 17.2. The molecule has 3 fully saturated rings. The lowest BCUT2D eigenvalue weighted by atomic mass is 9.95. The summed E-state index contributed by atoms with van der Waals surface area (Å²) in [5.74, 6) is -5.70. The lowest BCUT2D eigenvalue weighted by molar-refractivity contribution is -0.161. The number of carboxylic acids is 2. The van der Waals surface area contributed by atoms with Crippen LogP contribution in [0.2, 0.25) is 0 Å². The zero-order valence-corrected chi connectivity index (χ0v) is 29.0. The second-order valence-corrected chi connectivity index (χ2v) is 16.8. The minimum absolute atomic E-state index is 0.0566. The van der Waals surface area contributed by atoms with Crippen LogP contribution < -0.4 is 27.0 Å². The Kier molecular flexibility index (Phi) is 10.0. The van der Waals surface area contributed by atoms with Gasteiger partial charge in [0.05, 0.1) is 5.37 Å². The molecule has 0 radical (unpaired) electrons. The molecule has 2 aromatic rings. The molecule has 16 nitrogen and oxygen atoms in total. The summed E-state index contributed by atoms with van der Waals surface area (Å²) in [6.07, 6.45) is 0. The number of amides is 4. The highest BCUT2D eigenvalue weighted by Crippen LogP contribution is 2.51. The number of nitrogens with one attached hydrogen (secondary N) is 4. The third-order valence-corrected chi connectivity index (χ3v) is 11.9. The van der Waals surface area contributed by atoms with Crippen molar-refractivity contribution in [3.63, 3.8) is 0 Å². The lowest BCUT2D eigenvalue weighted by Gasteiger charge is -2.44. The minimum atomic E-state index is -1.49. The van der Waals surface area contributed by atoms with Crippen LogP contribution in [0.1, 0.15) is 50.9 Å². The van der Waals surface area contributed by atoms with E-state index in [1.165, 1.54) is 65.2 Å². The second-order valence-electron chi connectivity index (χ2n) is 13.3. The van der Waals surface area contributed by atoms with Gasteiger partial charge in [-0.05, 0) is 63.1 Å². The number of fused-ring (bicyclic) bond motifs is 1.